The minimum absolute atomic E-state index is 0.170. The second-order valence-corrected chi connectivity index (χ2v) is 6.90. The molecule has 0 aliphatic carbocycles. The van der Waals surface area contributed by atoms with Gasteiger partial charge in [0.2, 0.25) is 0 Å². The van der Waals surface area contributed by atoms with Gasteiger partial charge in [-0.25, -0.2) is 0 Å². The van der Waals surface area contributed by atoms with Crippen molar-refractivity contribution in [3.63, 3.8) is 0 Å². The Bertz CT molecular complexity index is 943. The molecule has 2 rings (SSSR count). The molecule has 0 aliphatic rings. The van der Waals surface area contributed by atoms with E-state index in [9.17, 15) is 14.7 Å². The summed E-state index contributed by atoms with van der Waals surface area (Å²) in [4.78, 5) is 24.3. The largest absolute Gasteiger partial charge is 0.390 e. The van der Waals surface area contributed by atoms with Gasteiger partial charge in [-0.15, -0.1) is 0 Å². The average Bonchev–Trinajstić information content (AvgIpc) is 2.69. The van der Waals surface area contributed by atoms with Gasteiger partial charge in [-0.05, 0) is 50.0 Å². The maximum absolute atomic E-state index is 12.4. The van der Waals surface area contributed by atoms with E-state index in [-0.39, 0.29) is 12.2 Å². The van der Waals surface area contributed by atoms with E-state index >= 15 is 0 Å². The highest BCUT2D eigenvalue weighted by Gasteiger charge is 2.34. The van der Waals surface area contributed by atoms with Crippen molar-refractivity contribution in [1.29, 1.82) is 0 Å². The summed E-state index contributed by atoms with van der Waals surface area (Å²) < 4.78 is 0. The van der Waals surface area contributed by atoms with Gasteiger partial charge in [0.15, 0.2) is 11.6 Å². The Morgan fingerprint density at radius 1 is 0.929 bits per heavy atom. The van der Waals surface area contributed by atoms with Crippen LogP contribution in [0.3, 0.4) is 0 Å². The lowest BCUT2D eigenvalue weighted by Crippen LogP contribution is -2.39. The molecule has 0 aromatic heterocycles. The molecule has 0 bridgehead atoms. The first-order chi connectivity index (χ1) is 13.3. The smallest absolute Gasteiger partial charge is 0.164 e. The highest BCUT2D eigenvalue weighted by molar-refractivity contribution is 5.99. The maximum Gasteiger partial charge on any atom is 0.164 e. The Morgan fingerprint density at radius 3 is 1.96 bits per heavy atom. The van der Waals surface area contributed by atoms with Crippen LogP contribution in [0.5, 0.6) is 0 Å². The summed E-state index contributed by atoms with van der Waals surface area (Å²) in [6.07, 6.45) is -0.170. The Hall–Kier alpha value is -3.18. The second kappa shape index (κ2) is 9.67. The number of hydrogen-bond acceptors (Lipinski definition) is 4. The zero-order valence-electron chi connectivity index (χ0n) is 15.9. The molecular formula is C24H22O4. The fourth-order valence-corrected chi connectivity index (χ4v) is 2.64. The number of carbonyl (C=O) groups is 2. The number of aliphatic hydroxyl groups excluding tert-OH is 1. The minimum Gasteiger partial charge on any atom is -0.390 e. The molecule has 1 atom stereocenters. The molecule has 0 amide bonds. The maximum atomic E-state index is 12.4. The van der Waals surface area contributed by atoms with Gasteiger partial charge in [-0.1, -0.05) is 42.2 Å². The van der Waals surface area contributed by atoms with E-state index in [0.717, 1.165) is 5.56 Å². The number of benzene rings is 2. The molecule has 0 fully saturated rings. The first-order valence-corrected chi connectivity index (χ1v) is 8.87. The molecule has 28 heavy (non-hydrogen) atoms. The molecule has 0 saturated heterocycles. The van der Waals surface area contributed by atoms with E-state index in [2.05, 4.69) is 23.7 Å². The van der Waals surface area contributed by atoms with Gasteiger partial charge in [-0.3, -0.25) is 9.59 Å². The van der Waals surface area contributed by atoms with E-state index < -0.39 is 23.9 Å². The zero-order valence-corrected chi connectivity index (χ0v) is 15.9. The van der Waals surface area contributed by atoms with Crippen LogP contribution < -0.4 is 0 Å². The number of carbonyl (C=O) groups excluding carboxylic acids is 2. The van der Waals surface area contributed by atoms with E-state index in [1.54, 1.807) is 24.3 Å². The van der Waals surface area contributed by atoms with E-state index in [1.165, 1.54) is 13.8 Å². The predicted molar refractivity (Wildman–Crippen MR) is 107 cm³/mol. The van der Waals surface area contributed by atoms with Crippen molar-refractivity contribution in [2.24, 2.45) is 5.92 Å². The van der Waals surface area contributed by atoms with Crippen LogP contribution in [0.2, 0.25) is 0 Å². The van der Waals surface area contributed by atoms with Crippen LogP contribution in [0, 0.1) is 29.6 Å². The number of aliphatic hydroxyl groups is 2. The summed E-state index contributed by atoms with van der Waals surface area (Å²) in [6, 6.07) is 16.2. The lowest BCUT2D eigenvalue weighted by Gasteiger charge is -2.27. The van der Waals surface area contributed by atoms with Gasteiger partial charge < -0.3 is 10.2 Å². The summed E-state index contributed by atoms with van der Waals surface area (Å²) in [7, 11) is 0. The Balaban J connectivity index is 2.06. The third-order valence-corrected chi connectivity index (χ3v) is 4.24. The molecule has 4 heteroatoms. The molecule has 142 valence electrons. The van der Waals surface area contributed by atoms with Gasteiger partial charge in [0, 0.05) is 23.1 Å². The molecule has 2 aromatic carbocycles. The fourth-order valence-electron chi connectivity index (χ4n) is 2.64. The van der Waals surface area contributed by atoms with Crippen LogP contribution in [0.15, 0.2) is 54.6 Å². The number of rotatable bonds is 6. The van der Waals surface area contributed by atoms with Crippen LogP contribution in [-0.2, 0) is 4.79 Å². The van der Waals surface area contributed by atoms with Crippen molar-refractivity contribution >= 4 is 11.6 Å². The van der Waals surface area contributed by atoms with Crippen LogP contribution in [0.4, 0.5) is 0 Å². The molecule has 2 N–H and O–H groups in total. The van der Waals surface area contributed by atoms with Crippen molar-refractivity contribution in [3.05, 3.63) is 71.3 Å². The third-order valence-electron chi connectivity index (χ3n) is 4.24. The Morgan fingerprint density at radius 2 is 1.46 bits per heavy atom. The summed E-state index contributed by atoms with van der Waals surface area (Å²) >= 11 is 0. The van der Waals surface area contributed by atoms with Gasteiger partial charge in [-0.2, -0.15) is 0 Å². The SMILES string of the molecule is CC(C)(O)[C@H](CC(=O)c1ccc(C#CC#Cc2ccccc2)cc1)C(=O)CO. The molecule has 4 nitrogen and oxygen atoms in total. The summed E-state index contributed by atoms with van der Waals surface area (Å²) in [5, 5.41) is 19.2. The molecule has 0 saturated carbocycles. The topological polar surface area (TPSA) is 74.6 Å². The number of ketones is 2. The van der Waals surface area contributed by atoms with Crippen molar-refractivity contribution in [2.45, 2.75) is 25.9 Å². The lowest BCUT2D eigenvalue weighted by atomic mass is 9.82. The highest BCUT2D eigenvalue weighted by atomic mass is 16.3. The van der Waals surface area contributed by atoms with Crippen molar-refractivity contribution < 1.29 is 19.8 Å². The van der Waals surface area contributed by atoms with E-state index in [1.807, 2.05) is 30.3 Å². The van der Waals surface area contributed by atoms with Gasteiger partial charge in [0.25, 0.3) is 0 Å². The van der Waals surface area contributed by atoms with E-state index in [4.69, 9.17) is 5.11 Å². The van der Waals surface area contributed by atoms with Crippen molar-refractivity contribution in [1.82, 2.24) is 0 Å². The van der Waals surface area contributed by atoms with E-state index in [0.29, 0.717) is 11.1 Å². The lowest BCUT2D eigenvalue weighted by molar-refractivity contribution is -0.133. The molecule has 2 aromatic rings. The first-order valence-electron chi connectivity index (χ1n) is 8.87. The van der Waals surface area contributed by atoms with Crippen LogP contribution >= 0.6 is 0 Å². The molecule has 0 unspecified atom stereocenters. The molecule has 0 aliphatic heterocycles. The number of hydrogen-bond donors (Lipinski definition) is 2. The van der Waals surface area contributed by atoms with Crippen molar-refractivity contribution in [2.75, 3.05) is 6.61 Å². The second-order valence-electron chi connectivity index (χ2n) is 6.90. The average molecular weight is 374 g/mol. The summed E-state index contributed by atoms with van der Waals surface area (Å²) in [5.41, 5.74) is 0.625. The van der Waals surface area contributed by atoms with Crippen molar-refractivity contribution in [3.8, 4) is 23.7 Å². The van der Waals surface area contributed by atoms with Crippen LogP contribution in [0.1, 0.15) is 41.8 Å². The monoisotopic (exact) mass is 374 g/mol. The quantitative estimate of drug-likeness (QED) is 0.602. The Kier molecular flexibility index (Phi) is 7.29. The zero-order chi connectivity index (χ0) is 20.6. The molecule has 0 heterocycles. The predicted octanol–water partition coefficient (Wildman–Crippen LogP) is 2.61. The third kappa shape index (κ3) is 6.21. The summed E-state index contributed by atoms with van der Waals surface area (Å²) in [6.45, 7) is 2.20. The normalized spacial score (nSPS) is 11.4. The van der Waals surface area contributed by atoms with Gasteiger partial charge in [0.1, 0.15) is 6.61 Å². The fraction of sp³-hybridized carbons (Fsp3) is 0.250. The first kappa shape index (κ1) is 21.1. The minimum atomic E-state index is -1.39. The van der Waals surface area contributed by atoms with Gasteiger partial charge in [0.05, 0.1) is 11.5 Å². The summed E-state index contributed by atoms with van der Waals surface area (Å²) in [5.74, 6) is 9.61. The molecule has 0 radical (unpaired) electrons. The standard InChI is InChI=1S/C24H22O4/c1-24(2,28)21(23(27)17-25)16-22(26)20-14-12-19(13-15-20)11-7-6-10-18-8-4-3-5-9-18/h3-5,8-9,12-15,21,25,28H,16-17H2,1-2H3/t21-/m1/s1. The van der Waals surface area contributed by atoms with Gasteiger partial charge >= 0.3 is 0 Å². The highest BCUT2D eigenvalue weighted by Crippen LogP contribution is 2.23. The van der Waals surface area contributed by atoms with Crippen LogP contribution in [0.25, 0.3) is 0 Å². The molecular weight excluding hydrogens is 352 g/mol. The number of Topliss-reactive ketones (excluding diaryl/α,β-unsaturated/α-hetero) is 2. The molecule has 0 spiro atoms. The Labute approximate surface area is 165 Å². The van der Waals surface area contributed by atoms with Crippen LogP contribution in [-0.4, -0.2) is 34.0 Å².